The highest BCUT2D eigenvalue weighted by Crippen LogP contribution is 2.32. The summed E-state index contributed by atoms with van der Waals surface area (Å²) in [5, 5.41) is 18.1. The number of aryl methyl sites for hydroxylation is 2. The number of hydrogen-bond acceptors (Lipinski definition) is 3. The second-order valence-electron chi connectivity index (χ2n) is 6.35. The summed E-state index contributed by atoms with van der Waals surface area (Å²) in [6, 6.07) is 0. The van der Waals surface area contributed by atoms with Crippen LogP contribution in [0, 0.1) is 5.92 Å². The molecular weight excluding hydrogens is 330 g/mol. The van der Waals surface area contributed by atoms with E-state index in [9.17, 15) is 5.11 Å². The highest BCUT2D eigenvalue weighted by Gasteiger charge is 2.33. The van der Waals surface area contributed by atoms with Crippen molar-refractivity contribution in [2.45, 2.75) is 71.5 Å². The highest BCUT2D eigenvalue weighted by atomic mass is 79.9. The molecule has 0 bridgehead atoms. The summed E-state index contributed by atoms with van der Waals surface area (Å²) in [5.74, 6) is 0.783. The fraction of sp³-hybridized carbons (Fsp3) is 0.812. The first-order valence-corrected chi connectivity index (χ1v) is 8.94. The monoisotopic (exact) mass is 357 g/mol. The van der Waals surface area contributed by atoms with Crippen molar-refractivity contribution in [1.29, 1.82) is 0 Å². The Bertz CT molecular complexity index is 464. The van der Waals surface area contributed by atoms with Crippen LogP contribution < -0.4 is 5.32 Å². The summed E-state index contributed by atoms with van der Waals surface area (Å²) in [4.78, 5) is 0. The van der Waals surface area contributed by atoms with Crippen LogP contribution in [0.15, 0.2) is 4.47 Å². The lowest BCUT2D eigenvalue weighted by molar-refractivity contribution is 0.103. The van der Waals surface area contributed by atoms with Gasteiger partial charge in [-0.3, -0.25) is 4.68 Å². The van der Waals surface area contributed by atoms with Crippen molar-refractivity contribution >= 4 is 15.9 Å². The molecule has 1 saturated carbocycles. The molecule has 0 aliphatic heterocycles. The normalized spacial score (nSPS) is 26.2. The molecule has 1 aromatic heterocycles. The van der Waals surface area contributed by atoms with Crippen molar-refractivity contribution in [2.75, 3.05) is 6.61 Å². The highest BCUT2D eigenvalue weighted by molar-refractivity contribution is 9.10. The molecule has 1 aliphatic rings. The van der Waals surface area contributed by atoms with E-state index in [1.165, 1.54) is 18.5 Å². The predicted octanol–water partition coefficient (Wildman–Crippen LogP) is 3.26. The van der Waals surface area contributed by atoms with Gasteiger partial charge in [0.25, 0.3) is 0 Å². The second kappa shape index (κ2) is 7.25. The summed E-state index contributed by atoms with van der Waals surface area (Å²) in [7, 11) is 0. The van der Waals surface area contributed by atoms with Gasteiger partial charge in [0.2, 0.25) is 0 Å². The Balaban J connectivity index is 2.09. The van der Waals surface area contributed by atoms with Crippen LogP contribution >= 0.6 is 15.9 Å². The molecule has 0 radical (unpaired) electrons. The van der Waals surface area contributed by atoms with Gasteiger partial charge in [0.15, 0.2) is 0 Å². The van der Waals surface area contributed by atoms with Crippen LogP contribution in [-0.4, -0.2) is 27.0 Å². The molecule has 0 aromatic carbocycles. The molecule has 1 fully saturated rings. The molecule has 4 nitrogen and oxygen atoms in total. The molecule has 0 spiro atoms. The summed E-state index contributed by atoms with van der Waals surface area (Å²) in [6.45, 7) is 8.40. The Labute approximate surface area is 136 Å². The number of nitrogens with zero attached hydrogens (tertiary/aromatic N) is 2. The first kappa shape index (κ1) is 17.0. The number of aliphatic hydroxyl groups is 1. The zero-order valence-electron chi connectivity index (χ0n) is 13.5. The summed E-state index contributed by atoms with van der Waals surface area (Å²) in [6.07, 6.45) is 5.44. The number of rotatable bonds is 6. The molecule has 0 saturated heterocycles. The lowest BCUT2D eigenvalue weighted by Gasteiger charge is -2.39. The minimum atomic E-state index is -0.110. The maximum atomic E-state index is 9.86. The van der Waals surface area contributed by atoms with Crippen LogP contribution in [0.5, 0.6) is 0 Å². The molecule has 120 valence electrons. The Morgan fingerprint density at radius 1 is 1.38 bits per heavy atom. The summed E-state index contributed by atoms with van der Waals surface area (Å²) in [5.41, 5.74) is 2.20. The third kappa shape index (κ3) is 3.69. The van der Waals surface area contributed by atoms with E-state index < -0.39 is 0 Å². The number of hydrogen-bond donors (Lipinski definition) is 2. The van der Waals surface area contributed by atoms with Crippen LogP contribution in [-0.2, 0) is 19.5 Å². The SMILES string of the molecule is CCc1nn(CC)c(CNC2(CO)CCC(C)CC2)c1Br. The topological polar surface area (TPSA) is 50.1 Å². The summed E-state index contributed by atoms with van der Waals surface area (Å²) < 4.78 is 3.18. The number of aromatic nitrogens is 2. The third-order valence-electron chi connectivity index (χ3n) is 4.86. The Hall–Kier alpha value is -0.390. The van der Waals surface area contributed by atoms with Crippen LogP contribution in [0.2, 0.25) is 0 Å². The van der Waals surface area contributed by atoms with Gasteiger partial charge < -0.3 is 10.4 Å². The third-order valence-corrected chi connectivity index (χ3v) is 5.77. The van der Waals surface area contributed by atoms with Crippen molar-refractivity contribution in [2.24, 2.45) is 5.92 Å². The van der Waals surface area contributed by atoms with E-state index in [1.54, 1.807) is 0 Å². The maximum Gasteiger partial charge on any atom is 0.0767 e. The van der Waals surface area contributed by atoms with Gasteiger partial charge in [0.1, 0.15) is 0 Å². The molecule has 2 rings (SSSR count). The van der Waals surface area contributed by atoms with Crippen LogP contribution in [0.1, 0.15) is 57.8 Å². The first-order valence-electron chi connectivity index (χ1n) is 8.15. The average molecular weight is 358 g/mol. The standard InChI is InChI=1S/C16H28BrN3O/c1-4-13-15(17)14(20(5-2)19-13)10-18-16(11-21)8-6-12(3)7-9-16/h12,18,21H,4-11H2,1-3H3. The molecule has 2 N–H and O–H groups in total. The van der Waals surface area contributed by atoms with Crippen molar-refractivity contribution in [3.8, 4) is 0 Å². The van der Waals surface area contributed by atoms with E-state index >= 15 is 0 Å². The van der Waals surface area contributed by atoms with E-state index in [0.29, 0.717) is 0 Å². The largest absolute Gasteiger partial charge is 0.394 e. The van der Waals surface area contributed by atoms with Gasteiger partial charge >= 0.3 is 0 Å². The molecule has 1 aromatic rings. The minimum absolute atomic E-state index is 0.110. The van der Waals surface area contributed by atoms with Gasteiger partial charge in [-0.05, 0) is 60.9 Å². The molecular formula is C16H28BrN3O. The van der Waals surface area contributed by atoms with E-state index in [4.69, 9.17) is 0 Å². The zero-order valence-corrected chi connectivity index (χ0v) is 15.0. The molecule has 1 aliphatic carbocycles. The fourth-order valence-electron chi connectivity index (χ4n) is 3.16. The lowest BCUT2D eigenvalue weighted by Crippen LogP contribution is -2.50. The van der Waals surface area contributed by atoms with Gasteiger partial charge in [-0.2, -0.15) is 5.10 Å². The predicted molar refractivity (Wildman–Crippen MR) is 89.3 cm³/mol. The van der Waals surface area contributed by atoms with E-state index in [1.807, 2.05) is 0 Å². The quantitative estimate of drug-likeness (QED) is 0.821. The summed E-state index contributed by atoms with van der Waals surface area (Å²) >= 11 is 3.69. The van der Waals surface area contributed by atoms with Gasteiger partial charge in [-0.1, -0.05) is 13.8 Å². The first-order chi connectivity index (χ1) is 10.0. The van der Waals surface area contributed by atoms with Crippen molar-refractivity contribution in [3.63, 3.8) is 0 Å². The van der Waals surface area contributed by atoms with Crippen molar-refractivity contribution in [3.05, 3.63) is 15.9 Å². The number of aliphatic hydroxyl groups excluding tert-OH is 1. The molecule has 0 amide bonds. The maximum absolute atomic E-state index is 9.86. The zero-order chi connectivity index (χ0) is 15.5. The minimum Gasteiger partial charge on any atom is -0.394 e. The van der Waals surface area contributed by atoms with Gasteiger partial charge in [-0.15, -0.1) is 0 Å². The molecule has 5 heteroatoms. The van der Waals surface area contributed by atoms with Crippen molar-refractivity contribution in [1.82, 2.24) is 15.1 Å². The van der Waals surface area contributed by atoms with Crippen LogP contribution in [0.25, 0.3) is 0 Å². The number of halogens is 1. The van der Waals surface area contributed by atoms with Crippen LogP contribution in [0.3, 0.4) is 0 Å². The lowest BCUT2D eigenvalue weighted by atomic mass is 9.77. The van der Waals surface area contributed by atoms with Gasteiger partial charge in [0, 0.05) is 18.6 Å². The molecule has 0 unspecified atom stereocenters. The van der Waals surface area contributed by atoms with E-state index in [2.05, 4.69) is 51.8 Å². The van der Waals surface area contributed by atoms with E-state index in [-0.39, 0.29) is 12.1 Å². The van der Waals surface area contributed by atoms with Gasteiger partial charge in [0.05, 0.1) is 22.5 Å². The Morgan fingerprint density at radius 3 is 2.57 bits per heavy atom. The molecule has 0 atom stereocenters. The number of nitrogens with one attached hydrogen (secondary N) is 1. The van der Waals surface area contributed by atoms with Crippen LogP contribution in [0.4, 0.5) is 0 Å². The fourth-order valence-corrected chi connectivity index (χ4v) is 3.87. The smallest absolute Gasteiger partial charge is 0.0767 e. The average Bonchev–Trinajstić information content (AvgIpc) is 2.83. The van der Waals surface area contributed by atoms with Crippen molar-refractivity contribution < 1.29 is 5.11 Å². The van der Waals surface area contributed by atoms with E-state index in [0.717, 1.165) is 48.4 Å². The second-order valence-corrected chi connectivity index (χ2v) is 7.14. The molecule has 1 heterocycles. The molecule has 21 heavy (non-hydrogen) atoms. The van der Waals surface area contributed by atoms with Gasteiger partial charge in [-0.25, -0.2) is 0 Å². The Kier molecular flexibility index (Phi) is 5.86. The Morgan fingerprint density at radius 2 is 2.05 bits per heavy atom.